The van der Waals surface area contributed by atoms with E-state index in [-0.39, 0.29) is 12.3 Å². The summed E-state index contributed by atoms with van der Waals surface area (Å²) >= 11 is 0. The van der Waals surface area contributed by atoms with Crippen molar-refractivity contribution in [3.05, 3.63) is 83.8 Å². The van der Waals surface area contributed by atoms with Crippen molar-refractivity contribution in [3.8, 4) is 5.88 Å². The van der Waals surface area contributed by atoms with Crippen LogP contribution in [0.5, 0.6) is 5.88 Å². The zero-order valence-corrected chi connectivity index (χ0v) is 20.3. The van der Waals surface area contributed by atoms with E-state index in [1.54, 1.807) is 18.2 Å². The Hall–Kier alpha value is -3.75. The van der Waals surface area contributed by atoms with E-state index in [1.807, 2.05) is 0 Å². The van der Waals surface area contributed by atoms with Gasteiger partial charge >= 0.3 is 0 Å². The van der Waals surface area contributed by atoms with E-state index in [9.17, 15) is 8.78 Å². The maximum absolute atomic E-state index is 12.6. The number of aromatic nitrogens is 3. The van der Waals surface area contributed by atoms with E-state index in [0.29, 0.717) is 23.8 Å². The van der Waals surface area contributed by atoms with Crippen LogP contribution in [0, 0.1) is 11.8 Å². The second kappa shape index (κ2) is 10.5. The van der Waals surface area contributed by atoms with Crippen LogP contribution in [0.3, 0.4) is 0 Å². The van der Waals surface area contributed by atoms with Gasteiger partial charge in [-0.3, -0.25) is 4.98 Å². The molecule has 0 bridgehead atoms. The SMILES string of the molecule is C=C(C)N1C[C@@H]2CN(c3ccc(CNc4ccc(OCc5ccc(C(F)F)nc5)nn4)cc3)C[C@@H]2C1. The molecule has 7 nitrogen and oxygen atoms in total. The molecule has 1 aromatic carbocycles. The fourth-order valence-electron chi connectivity index (χ4n) is 4.83. The Morgan fingerprint density at radius 1 is 1.00 bits per heavy atom. The first-order chi connectivity index (χ1) is 17.4. The van der Waals surface area contributed by atoms with Gasteiger partial charge in [0.1, 0.15) is 18.1 Å². The summed E-state index contributed by atoms with van der Waals surface area (Å²) in [5, 5.41) is 11.5. The fourth-order valence-corrected chi connectivity index (χ4v) is 4.83. The quantitative estimate of drug-likeness (QED) is 0.456. The number of pyridine rings is 1. The molecule has 2 fully saturated rings. The zero-order chi connectivity index (χ0) is 25.1. The molecule has 0 amide bonds. The highest BCUT2D eigenvalue weighted by molar-refractivity contribution is 5.49. The maximum atomic E-state index is 12.6. The lowest BCUT2D eigenvalue weighted by molar-refractivity contribution is 0.146. The Kier molecular flexibility index (Phi) is 6.97. The molecule has 0 aliphatic carbocycles. The predicted octanol–water partition coefficient (Wildman–Crippen LogP) is 4.90. The first-order valence-electron chi connectivity index (χ1n) is 12.1. The van der Waals surface area contributed by atoms with E-state index < -0.39 is 6.43 Å². The minimum atomic E-state index is -2.58. The monoisotopic (exact) mass is 492 g/mol. The van der Waals surface area contributed by atoms with Gasteiger partial charge in [-0.05, 0) is 36.8 Å². The lowest BCUT2D eigenvalue weighted by atomic mass is 10.0. The predicted molar refractivity (Wildman–Crippen MR) is 135 cm³/mol. The van der Waals surface area contributed by atoms with Gasteiger partial charge in [-0.2, -0.15) is 0 Å². The Labute approximate surface area is 209 Å². The molecule has 0 radical (unpaired) electrons. The number of nitrogens with zero attached hydrogens (tertiary/aromatic N) is 5. The number of alkyl halides is 2. The molecule has 2 aromatic heterocycles. The van der Waals surface area contributed by atoms with E-state index in [4.69, 9.17) is 4.74 Å². The Bertz CT molecular complexity index is 1160. The van der Waals surface area contributed by atoms with Gasteiger partial charge in [-0.15, -0.1) is 10.2 Å². The van der Waals surface area contributed by atoms with Crippen LogP contribution in [-0.2, 0) is 13.2 Å². The van der Waals surface area contributed by atoms with Crippen LogP contribution >= 0.6 is 0 Å². The molecule has 188 valence electrons. The van der Waals surface area contributed by atoms with Crippen molar-refractivity contribution in [2.24, 2.45) is 11.8 Å². The third-order valence-corrected chi connectivity index (χ3v) is 6.90. The summed E-state index contributed by atoms with van der Waals surface area (Å²) in [6, 6.07) is 15.1. The van der Waals surface area contributed by atoms with Gasteiger partial charge in [0.15, 0.2) is 0 Å². The number of ether oxygens (including phenoxy) is 1. The number of nitrogens with one attached hydrogen (secondary N) is 1. The number of rotatable bonds is 9. The molecule has 3 aromatic rings. The number of benzene rings is 1. The van der Waals surface area contributed by atoms with Crippen LogP contribution in [-0.4, -0.2) is 46.3 Å². The first-order valence-corrected chi connectivity index (χ1v) is 12.1. The molecule has 9 heteroatoms. The maximum Gasteiger partial charge on any atom is 0.280 e. The summed E-state index contributed by atoms with van der Waals surface area (Å²) in [5.74, 6) is 2.43. The van der Waals surface area contributed by atoms with Gasteiger partial charge in [0.2, 0.25) is 5.88 Å². The van der Waals surface area contributed by atoms with Gasteiger partial charge in [-0.1, -0.05) is 24.8 Å². The smallest absolute Gasteiger partial charge is 0.280 e. The Balaban J connectivity index is 1.07. The standard InChI is InChI=1S/C27H30F2N6O/c1-18(2)34-13-21-15-35(16-22(21)14-34)23-6-3-19(4-7-23)11-31-25-9-10-26(33-32-25)36-17-20-5-8-24(27(28)29)30-12-20/h3-10,12,21-22,27H,1,11,13-17H2,2H3,(H,31,32)/t21-,22+. The number of hydrogen-bond donors (Lipinski definition) is 1. The summed E-state index contributed by atoms with van der Waals surface area (Å²) in [4.78, 5) is 8.63. The van der Waals surface area contributed by atoms with Crippen LogP contribution in [0.1, 0.15) is 30.2 Å². The highest BCUT2D eigenvalue weighted by Crippen LogP contribution is 2.35. The molecule has 5 rings (SSSR count). The molecular weight excluding hydrogens is 462 g/mol. The van der Waals surface area contributed by atoms with Gasteiger partial charge in [0.05, 0.1) is 0 Å². The number of halogens is 2. The van der Waals surface area contributed by atoms with Crippen molar-refractivity contribution in [1.82, 2.24) is 20.1 Å². The minimum Gasteiger partial charge on any atom is -0.472 e. The number of anilines is 2. The first kappa shape index (κ1) is 24.0. The number of fused-ring (bicyclic) bond motifs is 1. The minimum absolute atomic E-state index is 0.176. The molecule has 1 N–H and O–H groups in total. The van der Waals surface area contributed by atoms with Crippen LogP contribution in [0.15, 0.2) is 67.0 Å². The van der Waals surface area contributed by atoms with Crippen molar-refractivity contribution < 1.29 is 13.5 Å². The van der Waals surface area contributed by atoms with Crippen LogP contribution in [0.4, 0.5) is 20.3 Å². The van der Waals surface area contributed by atoms with Gasteiger partial charge in [0, 0.05) is 73.8 Å². The molecule has 0 saturated carbocycles. The van der Waals surface area contributed by atoms with Crippen molar-refractivity contribution in [2.45, 2.75) is 26.5 Å². The summed E-state index contributed by atoms with van der Waals surface area (Å²) < 4.78 is 30.8. The summed E-state index contributed by atoms with van der Waals surface area (Å²) in [7, 11) is 0. The van der Waals surface area contributed by atoms with E-state index in [1.165, 1.54) is 23.6 Å². The average Bonchev–Trinajstić information content (AvgIpc) is 3.47. The fraction of sp³-hybridized carbons (Fsp3) is 0.370. The Morgan fingerprint density at radius 3 is 2.31 bits per heavy atom. The highest BCUT2D eigenvalue weighted by Gasteiger charge is 2.39. The molecule has 2 saturated heterocycles. The number of likely N-dealkylation sites (tertiary alicyclic amines) is 1. The molecule has 4 heterocycles. The average molecular weight is 493 g/mol. The van der Waals surface area contributed by atoms with E-state index in [2.05, 4.69) is 68.1 Å². The van der Waals surface area contributed by atoms with E-state index >= 15 is 0 Å². The molecule has 2 atom stereocenters. The van der Waals surface area contributed by atoms with Gasteiger partial charge < -0.3 is 19.9 Å². The van der Waals surface area contributed by atoms with Crippen molar-refractivity contribution >= 4 is 11.5 Å². The van der Waals surface area contributed by atoms with Gasteiger partial charge in [0.25, 0.3) is 6.43 Å². The second-order valence-electron chi connectivity index (χ2n) is 9.52. The van der Waals surface area contributed by atoms with Crippen LogP contribution < -0.4 is 15.0 Å². The third kappa shape index (κ3) is 5.56. The zero-order valence-electron chi connectivity index (χ0n) is 20.3. The molecule has 2 aliphatic rings. The summed E-state index contributed by atoms with van der Waals surface area (Å²) in [5.41, 5.74) is 4.04. The van der Waals surface area contributed by atoms with Crippen LogP contribution in [0.25, 0.3) is 0 Å². The van der Waals surface area contributed by atoms with Crippen molar-refractivity contribution in [3.63, 3.8) is 0 Å². The molecule has 0 spiro atoms. The summed E-state index contributed by atoms with van der Waals surface area (Å²) in [6.07, 6.45) is -1.20. The van der Waals surface area contributed by atoms with E-state index in [0.717, 1.165) is 43.6 Å². The van der Waals surface area contributed by atoms with Crippen molar-refractivity contribution in [2.75, 3.05) is 36.4 Å². The van der Waals surface area contributed by atoms with Gasteiger partial charge in [-0.25, -0.2) is 8.78 Å². The number of allylic oxidation sites excluding steroid dienone is 1. The molecule has 2 aliphatic heterocycles. The lowest BCUT2D eigenvalue weighted by Crippen LogP contribution is -2.27. The van der Waals surface area contributed by atoms with Crippen LogP contribution in [0.2, 0.25) is 0 Å². The molecule has 0 unspecified atom stereocenters. The Morgan fingerprint density at radius 2 is 1.72 bits per heavy atom. The second-order valence-corrected chi connectivity index (χ2v) is 9.52. The lowest BCUT2D eigenvalue weighted by Gasteiger charge is -2.24. The third-order valence-electron chi connectivity index (χ3n) is 6.90. The summed E-state index contributed by atoms with van der Waals surface area (Å²) in [6.45, 7) is 11.4. The molecular formula is C27H30F2N6O. The normalized spacial score (nSPS) is 19.0. The highest BCUT2D eigenvalue weighted by atomic mass is 19.3. The topological polar surface area (TPSA) is 66.4 Å². The van der Waals surface area contributed by atoms with Crippen molar-refractivity contribution in [1.29, 1.82) is 0 Å². The molecule has 36 heavy (non-hydrogen) atoms. The largest absolute Gasteiger partial charge is 0.472 e. The number of hydrogen-bond acceptors (Lipinski definition) is 7.